The Balaban J connectivity index is 1.75. The van der Waals surface area contributed by atoms with Gasteiger partial charge in [0, 0.05) is 5.02 Å². The molecule has 0 N–H and O–H groups in total. The van der Waals surface area contributed by atoms with Crippen molar-refractivity contribution in [2.75, 3.05) is 0 Å². The molecule has 3 aromatic carbocycles. The predicted octanol–water partition coefficient (Wildman–Crippen LogP) is 6.69. The van der Waals surface area contributed by atoms with Gasteiger partial charge < -0.3 is 9.47 Å². The number of esters is 1. The number of para-hydroxylation sites is 1. The lowest BCUT2D eigenvalue weighted by atomic mass is 9.89. The zero-order chi connectivity index (χ0) is 20.8. The van der Waals surface area contributed by atoms with Crippen LogP contribution in [0.5, 0.6) is 17.2 Å². The molecule has 1 unspecified atom stereocenters. The number of carbonyl (C=O) groups excluding carboxylic acids is 1. The molecular weight excluding hydrogens is 391 g/mol. The van der Waals surface area contributed by atoms with Crippen LogP contribution < -0.4 is 9.47 Å². The molecule has 0 aromatic heterocycles. The Hall–Kier alpha value is -2.85. The highest BCUT2D eigenvalue weighted by Gasteiger charge is 2.25. The standard InChI is InChI=1S/C24H22ClFO3/c1-16(2)21(24(27)29-20-11-9-18(25)10-12-20)14-17-8-13-22(26)23(15-17)28-19-6-4-3-5-7-19/h3-13,15-16,21H,14H2,1-2H3. The van der Waals surface area contributed by atoms with Crippen molar-refractivity contribution >= 4 is 17.6 Å². The zero-order valence-corrected chi connectivity index (χ0v) is 17.0. The van der Waals surface area contributed by atoms with E-state index in [1.165, 1.54) is 6.07 Å². The third kappa shape index (κ3) is 5.81. The van der Waals surface area contributed by atoms with E-state index < -0.39 is 5.82 Å². The van der Waals surface area contributed by atoms with Gasteiger partial charge in [-0.3, -0.25) is 4.79 Å². The molecule has 1 atom stereocenters. The first kappa shape index (κ1) is 20.9. The van der Waals surface area contributed by atoms with Crippen molar-refractivity contribution in [1.82, 2.24) is 0 Å². The van der Waals surface area contributed by atoms with Crippen molar-refractivity contribution in [2.24, 2.45) is 11.8 Å². The van der Waals surface area contributed by atoms with Gasteiger partial charge in [0.2, 0.25) is 0 Å². The highest BCUT2D eigenvalue weighted by molar-refractivity contribution is 6.30. The topological polar surface area (TPSA) is 35.5 Å². The Morgan fingerprint density at radius 2 is 1.66 bits per heavy atom. The van der Waals surface area contributed by atoms with Crippen LogP contribution in [0.25, 0.3) is 0 Å². The average Bonchev–Trinajstić information content (AvgIpc) is 2.70. The fourth-order valence-corrected chi connectivity index (χ4v) is 3.03. The third-order valence-corrected chi connectivity index (χ3v) is 4.81. The molecule has 5 heteroatoms. The number of hydrogen-bond acceptors (Lipinski definition) is 3. The maximum atomic E-state index is 14.2. The molecule has 0 saturated heterocycles. The van der Waals surface area contributed by atoms with Crippen molar-refractivity contribution in [1.29, 1.82) is 0 Å². The van der Waals surface area contributed by atoms with Gasteiger partial charge in [0.05, 0.1) is 5.92 Å². The Morgan fingerprint density at radius 1 is 0.966 bits per heavy atom. The van der Waals surface area contributed by atoms with Gasteiger partial charge in [-0.1, -0.05) is 49.7 Å². The Bertz CT molecular complexity index is 956. The van der Waals surface area contributed by atoms with Gasteiger partial charge in [0.15, 0.2) is 11.6 Å². The van der Waals surface area contributed by atoms with Crippen LogP contribution in [0.1, 0.15) is 19.4 Å². The fraction of sp³-hybridized carbons (Fsp3) is 0.208. The van der Waals surface area contributed by atoms with E-state index in [9.17, 15) is 9.18 Å². The molecule has 0 amide bonds. The van der Waals surface area contributed by atoms with Gasteiger partial charge in [-0.15, -0.1) is 0 Å². The molecule has 150 valence electrons. The van der Waals surface area contributed by atoms with Crippen LogP contribution in [0, 0.1) is 17.7 Å². The molecule has 0 spiro atoms. The van der Waals surface area contributed by atoms with E-state index in [4.69, 9.17) is 21.1 Å². The summed E-state index contributed by atoms with van der Waals surface area (Å²) in [5.74, 6) is -0.0238. The zero-order valence-electron chi connectivity index (χ0n) is 16.3. The van der Waals surface area contributed by atoms with E-state index in [0.29, 0.717) is 22.9 Å². The lowest BCUT2D eigenvalue weighted by Crippen LogP contribution is -2.27. The number of benzene rings is 3. The quantitative estimate of drug-likeness (QED) is 0.320. The first-order valence-corrected chi connectivity index (χ1v) is 9.79. The first-order chi connectivity index (χ1) is 13.9. The second kappa shape index (κ2) is 9.57. The largest absolute Gasteiger partial charge is 0.454 e. The van der Waals surface area contributed by atoms with Gasteiger partial charge in [0.1, 0.15) is 11.5 Å². The summed E-state index contributed by atoms with van der Waals surface area (Å²) in [5.41, 5.74) is 0.795. The lowest BCUT2D eigenvalue weighted by molar-refractivity contribution is -0.140. The molecule has 0 saturated carbocycles. The maximum absolute atomic E-state index is 14.2. The van der Waals surface area contributed by atoms with Gasteiger partial charge in [-0.25, -0.2) is 4.39 Å². The second-order valence-corrected chi connectivity index (χ2v) is 7.55. The van der Waals surface area contributed by atoms with Crippen LogP contribution in [0.4, 0.5) is 4.39 Å². The van der Waals surface area contributed by atoms with Crippen molar-refractivity contribution in [2.45, 2.75) is 20.3 Å². The Morgan fingerprint density at radius 3 is 2.31 bits per heavy atom. The van der Waals surface area contributed by atoms with Gasteiger partial charge in [-0.2, -0.15) is 0 Å². The van der Waals surface area contributed by atoms with Crippen LogP contribution in [-0.4, -0.2) is 5.97 Å². The normalized spacial score (nSPS) is 11.9. The molecule has 0 bridgehead atoms. The van der Waals surface area contributed by atoms with Gasteiger partial charge in [0.25, 0.3) is 0 Å². The highest BCUT2D eigenvalue weighted by atomic mass is 35.5. The summed E-state index contributed by atoms with van der Waals surface area (Å²) in [6.07, 6.45) is 0.412. The monoisotopic (exact) mass is 412 g/mol. The van der Waals surface area contributed by atoms with Crippen molar-refractivity contribution in [3.63, 3.8) is 0 Å². The summed E-state index contributed by atoms with van der Waals surface area (Å²) in [7, 11) is 0. The van der Waals surface area contributed by atoms with Crippen LogP contribution in [-0.2, 0) is 11.2 Å². The number of ether oxygens (including phenoxy) is 2. The Kier molecular flexibility index (Phi) is 6.89. The molecule has 0 heterocycles. The summed E-state index contributed by atoms with van der Waals surface area (Å²) in [6.45, 7) is 3.91. The van der Waals surface area contributed by atoms with E-state index in [0.717, 1.165) is 5.56 Å². The summed E-state index contributed by atoms with van der Waals surface area (Å²) < 4.78 is 25.4. The van der Waals surface area contributed by atoms with E-state index >= 15 is 0 Å². The summed E-state index contributed by atoms with van der Waals surface area (Å²) in [6, 6.07) is 20.3. The first-order valence-electron chi connectivity index (χ1n) is 9.41. The third-order valence-electron chi connectivity index (χ3n) is 4.56. The molecule has 3 aromatic rings. The van der Waals surface area contributed by atoms with E-state index in [1.54, 1.807) is 48.5 Å². The van der Waals surface area contributed by atoms with Gasteiger partial charge >= 0.3 is 5.97 Å². The second-order valence-electron chi connectivity index (χ2n) is 7.11. The summed E-state index contributed by atoms with van der Waals surface area (Å²) >= 11 is 5.87. The minimum Gasteiger partial charge on any atom is -0.454 e. The van der Waals surface area contributed by atoms with E-state index in [2.05, 4.69) is 0 Å². The molecule has 0 aliphatic carbocycles. The minimum absolute atomic E-state index is 0.0401. The number of rotatable bonds is 7. The van der Waals surface area contributed by atoms with Gasteiger partial charge in [-0.05, 0) is 66.4 Å². The molecule has 0 aliphatic heterocycles. The van der Waals surface area contributed by atoms with Crippen LogP contribution in [0.2, 0.25) is 5.02 Å². The number of hydrogen-bond donors (Lipinski definition) is 0. The SMILES string of the molecule is CC(C)C(Cc1ccc(F)c(Oc2ccccc2)c1)C(=O)Oc1ccc(Cl)cc1. The van der Waals surface area contributed by atoms with Crippen LogP contribution in [0.3, 0.4) is 0 Å². The van der Waals surface area contributed by atoms with Crippen LogP contribution >= 0.6 is 11.6 Å². The number of carbonyl (C=O) groups is 1. The van der Waals surface area contributed by atoms with Crippen molar-refractivity contribution in [3.05, 3.63) is 89.2 Å². The predicted molar refractivity (Wildman–Crippen MR) is 112 cm³/mol. The van der Waals surface area contributed by atoms with Crippen molar-refractivity contribution < 1.29 is 18.7 Å². The molecule has 0 aliphatic rings. The maximum Gasteiger partial charge on any atom is 0.314 e. The fourth-order valence-electron chi connectivity index (χ4n) is 2.91. The van der Waals surface area contributed by atoms with Crippen LogP contribution in [0.15, 0.2) is 72.8 Å². The molecule has 0 fully saturated rings. The molecule has 3 rings (SSSR count). The molecular formula is C24H22ClFO3. The smallest absolute Gasteiger partial charge is 0.314 e. The summed E-state index contributed by atoms with van der Waals surface area (Å²) in [4.78, 5) is 12.7. The Labute approximate surface area is 175 Å². The van der Waals surface area contributed by atoms with Crippen molar-refractivity contribution in [3.8, 4) is 17.2 Å². The molecule has 0 radical (unpaired) electrons. The molecule has 3 nitrogen and oxygen atoms in total. The minimum atomic E-state index is -0.456. The number of halogens is 2. The van der Waals surface area contributed by atoms with E-state index in [-0.39, 0.29) is 23.6 Å². The average molecular weight is 413 g/mol. The summed E-state index contributed by atoms with van der Waals surface area (Å²) in [5, 5.41) is 0.572. The highest BCUT2D eigenvalue weighted by Crippen LogP contribution is 2.28. The van der Waals surface area contributed by atoms with E-state index in [1.807, 2.05) is 32.0 Å². The molecule has 29 heavy (non-hydrogen) atoms. The lowest BCUT2D eigenvalue weighted by Gasteiger charge is -2.20.